The number of hydrogen-bond acceptors (Lipinski definition) is 3. The van der Waals surface area contributed by atoms with Gasteiger partial charge in [-0.3, -0.25) is 0 Å². The van der Waals surface area contributed by atoms with Crippen molar-refractivity contribution in [3.63, 3.8) is 0 Å². The minimum Gasteiger partial charge on any atom is -0.475 e. The van der Waals surface area contributed by atoms with Crippen LogP contribution in [0.3, 0.4) is 0 Å². The molecule has 0 bridgehead atoms. The molecule has 1 unspecified atom stereocenters. The fourth-order valence-electron chi connectivity index (χ4n) is 1.98. The Labute approximate surface area is 121 Å². The maximum Gasteiger partial charge on any atom is 0.213 e. The van der Waals surface area contributed by atoms with Gasteiger partial charge in [-0.15, -0.1) is 0 Å². The monoisotopic (exact) mass is 284 g/mol. The first kappa shape index (κ1) is 16.3. The molecule has 1 atom stereocenters. The van der Waals surface area contributed by atoms with Crippen LogP contribution in [0, 0.1) is 5.92 Å². The van der Waals surface area contributed by atoms with E-state index < -0.39 is 0 Å². The van der Waals surface area contributed by atoms with Gasteiger partial charge in [-0.05, 0) is 37.8 Å². The maximum absolute atomic E-state index is 6.14. The number of hydrogen-bond donors (Lipinski definition) is 1. The lowest BCUT2D eigenvalue weighted by Crippen LogP contribution is -2.17. The second kappa shape index (κ2) is 8.39. The number of ether oxygens (including phenoxy) is 1. The second-order valence-electron chi connectivity index (χ2n) is 5.35. The topological polar surface area (TPSA) is 34.1 Å². The molecule has 0 amide bonds. The third-order valence-electron chi connectivity index (χ3n) is 2.78. The standard InChI is InChI=1S/C15H25ClN2O/c1-5-6-17-9-13-8-15(18-10-14(13)16)19-12(4)7-11(2)3/h8,10-12,17H,5-7,9H2,1-4H3. The van der Waals surface area contributed by atoms with E-state index in [0.717, 1.165) is 31.5 Å². The first-order valence-electron chi connectivity index (χ1n) is 7.04. The van der Waals surface area contributed by atoms with Crippen LogP contribution in [0.25, 0.3) is 0 Å². The molecular formula is C15H25ClN2O. The molecule has 0 fully saturated rings. The normalized spacial score (nSPS) is 12.7. The van der Waals surface area contributed by atoms with E-state index in [0.29, 0.717) is 16.8 Å². The van der Waals surface area contributed by atoms with Crippen molar-refractivity contribution in [3.05, 3.63) is 22.8 Å². The fourth-order valence-corrected chi connectivity index (χ4v) is 2.15. The van der Waals surface area contributed by atoms with Gasteiger partial charge in [-0.1, -0.05) is 32.4 Å². The van der Waals surface area contributed by atoms with E-state index in [4.69, 9.17) is 16.3 Å². The van der Waals surface area contributed by atoms with Crippen LogP contribution < -0.4 is 10.1 Å². The SMILES string of the molecule is CCCNCc1cc(OC(C)CC(C)C)ncc1Cl. The predicted molar refractivity (Wildman–Crippen MR) is 80.8 cm³/mol. The van der Waals surface area contributed by atoms with Crippen LogP contribution >= 0.6 is 11.6 Å². The summed E-state index contributed by atoms with van der Waals surface area (Å²) in [6, 6.07) is 1.93. The molecule has 1 rings (SSSR count). The van der Waals surface area contributed by atoms with E-state index in [1.807, 2.05) is 6.07 Å². The Hall–Kier alpha value is -0.800. The first-order chi connectivity index (χ1) is 9.02. The molecule has 108 valence electrons. The molecule has 1 aromatic rings. The average Bonchev–Trinajstić information content (AvgIpc) is 2.32. The average molecular weight is 285 g/mol. The van der Waals surface area contributed by atoms with Crippen molar-refractivity contribution >= 4 is 11.6 Å². The van der Waals surface area contributed by atoms with E-state index >= 15 is 0 Å². The van der Waals surface area contributed by atoms with Gasteiger partial charge in [0.2, 0.25) is 5.88 Å². The first-order valence-corrected chi connectivity index (χ1v) is 7.42. The Bertz CT molecular complexity index is 382. The van der Waals surface area contributed by atoms with Crippen LogP contribution in [0.2, 0.25) is 5.02 Å². The van der Waals surface area contributed by atoms with Crippen LogP contribution in [0.1, 0.15) is 46.1 Å². The molecule has 1 N–H and O–H groups in total. The van der Waals surface area contributed by atoms with E-state index in [1.165, 1.54) is 0 Å². The van der Waals surface area contributed by atoms with Crippen molar-refractivity contribution < 1.29 is 4.74 Å². The Balaban J connectivity index is 2.61. The van der Waals surface area contributed by atoms with Gasteiger partial charge >= 0.3 is 0 Å². The zero-order valence-electron chi connectivity index (χ0n) is 12.4. The third kappa shape index (κ3) is 6.26. The predicted octanol–water partition coefficient (Wildman–Crippen LogP) is 4.05. The van der Waals surface area contributed by atoms with Gasteiger partial charge in [0.15, 0.2) is 0 Å². The number of nitrogens with one attached hydrogen (secondary N) is 1. The van der Waals surface area contributed by atoms with Gasteiger partial charge in [-0.25, -0.2) is 4.98 Å². The van der Waals surface area contributed by atoms with Gasteiger partial charge in [0.1, 0.15) is 0 Å². The highest BCUT2D eigenvalue weighted by Crippen LogP contribution is 2.21. The van der Waals surface area contributed by atoms with Crippen molar-refractivity contribution in [1.82, 2.24) is 10.3 Å². The van der Waals surface area contributed by atoms with Crippen molar-refractivity contribution in [2.45, 2.75) is 53.2 Å². The molecule has 0 spiro atoms. The molecule has 4 heteroatoms. The molecule has 0 aliphatic heterocycles. The molecule has 0 aliphatic carbocycles. The minimum absolute atomic E-state index is 0.171. The van der Waals surface area contributed by atoms with Gasteiger partial charge in [0, 0.05) is 18.8 Å². The Morgan fingerprint density at radius 1 is 1.37 bits per heavy atom. The molecule has 0 saturated carbocycles. The molecule has 0 aliphatic rings. The van der Waals surface area contributed by atoms with E-state index in [1.54, 1.807) is 6.20 Å². The minimum atomic E-state index is 0.171. The highest BCUT2D eigenvalue weighted by Gasteiger charge is 2.09. The summed E-state index contributed by atoms with van der Waals surface area (Å²) < 4.78 is 5.83. The van der Waals surface area contributed by atoms with Crippen molar-refractivity contribution in [2.75, 3.05) is 6.54 Å². The van der Waals surface area contributed by atoms with E-state index in [9.17, 15) is 0 Å². The second-order valence-corrected chi connectivity index (χ2v) is 5.76. The summed E-state index contributed by atoms with van der Waals surface area (Å²) in [7, 11) is 0. The number of halogens is 1. The molecule has 19 heavy (non-hydrogen) atoms. The zero-order chi connectivity index (χ0) is 14.3. The van der Waals surface area contributed by atoms with Crippen LogP contribution in [-0.2, 0) is 6.54 Å². The lowest BCUT2D eigenvalue weighted by Gasteiger charge is -2.16. The summed E-state index contributed by atoms with van der Waals surface area (Å²) in [4.78, 5) is 4.23. The molecule has 1 heterocycles. The third-order valence-corrected chi connectivity index (χ3v) is 3.12. The summed E-state index contributed by atoms with van der Waals surface area (Å²) >= 11 is 6.14. The van der Waals surface area contributed by atoms with Gasteiger partial charge < -0.3 is 10.1 Å². The Morgan fingerprint density at radius 2 is 2.11 bits per heavy atom. The smallest absolute Gasteiger partial charge is 0.213 e. The zero-order valence-corrected chi connectivity index (χ0v) is 13.1. The number of nitrogens with zero attached hydrogens (tertiary/aromatic N) is 1. The molecule has 3 nitrogen and oxygen atoms in total. The van der Waals surface area contributed by atoms with Crippen molar-refractivity contribution in [3.8, 4) is 5.88 Å². The highest BCUT2D eigenvalue weighted by atomic mass is 35.5. The number of pyridine rings is 1. The van der Waals surface area contributed by atoms with Gasteiger partial charge in [-0.2, -0.15) is 0 Å². The number of aromatic nitrogens is 1. The lowest BCUT2D eigenvalue weighted by molar-refractivity contribution is 0.185. The Morgan fingerprint density at radius 3 is 2.74 bits per heavy atom. The summed E-state index contributed by atoms with van der Waals surface area (Å²) in [5, 5.41) is 4.02. The summed E-state index contributed by atoms with van der Waals surface area (Å²) in [5.41, 5.74) is 1.04. The quantitative estimate of drug-likeness (QED) is 0.731. The molecule has 1 aromatic heterocycles. The highest BCUT2D eigenvalue weighted by molar-refractivity contribution is 6.31. The molecule has 0 aromatic carbocycles. The van der Waals surface area contributed by atoms with Gasteiger partial charge in [0.25, 0.3) is 0 Å². The maximum atomic E-state index is 6.14. The molecule has 0 radical (unpaired) electrons. The summed E-state index contributed by atoms with van der Waals surface area (Å²) in [6.45, 7) is 10.3. The largest absolute Gasteiger partial charge is 0.475 e. The van der Waals surface area contributed by atoms with Crippen molar-refractivity contribution in [1.29, 1.82) is 0 Å². The van der Waals surface area contributed by atoms with Crippen LogP contribution in [0.5, 0.6) is 5.88 Å². The van der Waals surface area contributed by atoms with E-state index in [2.05, 4.69) is 38.0 Å². The van der Waals surface area contributed by atoms with Gasteiger partial charge in [0.05, 0.1) is 11.1 Å². The van der Waals surface area contributed by atoms with E-state index in [-0.39, 0.29) is 6.10 Å². The lowest BCUT2D eigenvalue weighted by atomic mass is 10.1. The number of rotatable bonds is 8. The molecular weight excluding hydrogens is 260 g/mol. The summed E-state index contributed by atoms with van der Waals surface area (Å²) in [5.74, 6) is 1.28. The van der Waals surface area contributed by atoms with Crippen molar-refractivity contribution in [2.24, 2.45) is 5.92 Å². The molecule has 0 saturated heterocycles. The van der Waals surface area contributed by atoms with Crippen LogP contribution in [0.15, 0.2) is 12.3 Å². The van der Waals surface area contributed by atoms with Crippen LogP contribution in [0.4, 0.5) is 0 Å². The summed E-state index contributed by atoms with van der Waals surface area (Å²) in [6.07, 6.45) is 3.97. The van der Waals surface area contributed by atoms with Crippen LogP contribution in [-0.4, -0.2) is 17.6 Å². The fraction of sp³-hybridized carbons (Fsp3) is 0.667. The Kier molecular flexibility index (Phi) is 7.17.